The van der Waals surface area contributed by atoms with E-state index in [1.807, 2.05) is 6.92 Å². The summed E-state index contributed by atoms with van der Waals surface area (Å²) in [5, 5.41) is 8.13. The number of aryl methyl sites for hydroxylation is 1. The molecule has 0 bridgehead atoms. The fraction of sp³-hybridized carbons (Fsp3) is 0.125. The molecule has 3 aromatic carbocycles. The molecule has 0 radical (unpaired) electrons. The first-order valence-electron chi connectivity index (χ1n) is 9.95. The van der Waals surface area contributed by atoms with E-state index in [0.717, 1.165) is 11.1 Å². The number of rotatable bonds is 8. The van der Waals surface area contributed by atoms with Gasteiger partial charge in [0.05, 0.1) is 10.7 Å². The number of nitrogens with one attached hydrogen (secondary N) is 2. The van der Waals surface area contributed by atoms with Gasteiger partial charge in [0, 0.05) is 26.3 Å². The highest BCUT2D eigenvalue weighted by Crippen LogP contribution is 2.28. The van der Waals surface area contributed by atoms with Crippen LogP contribution in [0.3, 0.4) is 0 Å². The van der Waals surface area contributed by atoms with Crippen LogP contribution in [-0.2, 0) is 16.2 Å². The van der Waals surface area contributed by atoms with Crippen LogP contribution in [0.2, 0.25) is 15.1 Å². The van der Waals surface area contributed by atoms with Crippen LogP contribution in [0.1, 0.15) is 23.1 Å². The lowest BCUT2D eigenvalue weighted by atomic mass is 10.2. The third-order valence-corrected chi connectivity index (χ3v) is 6.15. The first kappa shape index (κ1) is 26.0. The van der Waals surface area contributed by atoms with Crippen molar-refractivity contribution < 1.29 is 14.3 Å². The minimum Gasteiger partial charge on any atom is -0.488 e. The first-order chi connectivity index (χ1) is 16.2. The number of nitrogens with zero attached hydrogens (tertiary/aromatic N) is 1. The maximum absolute atomic E-state index is 12.0. The Morgan fingerprint density at radius 3 is 2.50 bits per heavy atom. The van der Waals surface area contributed by atoms with Crippen molar-refractivity contribution in [2.75, 3.05) is 5.32 Å². The van der Waals surface area contributed by atoms with Crippen LogP contribution in [0.25, 0.3) is 0 Å². The van der Waals surface area contributed by atoms with Gasteiger partial charge >= 0.3 is 0 Å². The molecule has 2 N–H and O–H groups in total. The summed E-state index contributed by atoms with van der Waals surface area (Å²) in [4.78, 5) is 24.0. The summed E-state index contributed by atoms with van der Waals surface area (Å²) in [5.74, 6) is -0.413. The number of benzene rings is 3. The first-order valence-corrected chi connectivity index (χ1v) is 11.9. The van der Waals surface area contributed by atoms with E-state index >= 15 is 0 Å². The van der Waals surface area contributed by atoms with Crippen molar-refractivity contribution in [3.05, 3.63) is 90.8 Å². The molecule has 0 aromatic heterocycles. The topological polar surface area (TPSA) is 79.8 Å². The lowest BCUT2D eigenvalue weighted by Gasteiger charge is -2.10. The summed E-state index contributed by atoms with van der Waals surface area (Å²) in [6, 6.07) is 15.6. The summed E-state index contributed by atoms with van der Waals surface area (Å²) < 4.78 is 6.50. The van der Waals surface area contributed by atoms with Gasteiger partial charge in [0.2, 0.25) is 11.8 Å². The van der Waals surface area contributed by atoms with Crippen LogP contribution in [-0.4, -0.2) is 18.0 Å². The number of amides is 2. The molecule has 176 valence electrons. The molecule has 0 heterocycles. The largest absolute Gasteiger partial charge is 0.488 e. The monoisotopic (exact) mass is 581 g/mol. The highest BCUT2D eigenvalue weighted by atomic mass is 79.9. The van der Waals surface area contributed by atoms with E-state index in [2.05, 4.69) is 31.8 Å². The summed E-state index contributed by atoms with van der Waals surface area (Å²) >= 11 is 21.6. The number of halogens is 4. The van der Waals surface area contributed by atoms with Gasteiger partial charge in [0.1, 0.15) is 18.8 Å². The lowest BCUT2D eigenvalue weighted by Crippen LogP contribution is -2.24. The molecule has 3 aromatic rings. The predicted octanol–water partition coefficient (Wildman–Crippen LogP) is 6.78. The molecule has 0 atom stereocenters. The van der Waals surface area contributed by atoms with Gasteiger partial charge in [-0.1, -0.05) is 46.9 Å². The number of hydrogen-bond donors (Lipinski definition) is 2. The number of anilines is 1. The summed E-state index contributed by atoms with van der Waals surface area (Å²) in [5.41, 5.74) is 5.26. The summed E-state index contributed by atoms with van der Waals surface area (Å²) in [7, 11) is 0. The lowest BCUT2D eigenvalue weighted by molar-refractivity contribution is -0.126. The molecule has 10 heteroatoms. The van der Waals surface area contributed by atoms with Crippen molar-refractivity contribution in [3.8, 4) is 5.75 Å². The van der Waals surface area contributed by atoms with Crippen molar-refractivity contribution in [3.63, 3.8) is 0 Å². The van der Waals surface area contributed by atoms with E-state index in [9.17, 15) is 9.59 Å². The van der Waals surface area contributed by atoms with Gasteiger partial charge in [-0.2, -0.15) is 5.10 Å². The highest BCUT2D eigenvalue weighted by Gasteiger charge is 2.10. The van der Waals surface area contributed by atoms with Crippen LogP contribution < -0.4 is 15.5 Å². The van der Waals surface area contributed by atoms with Gasteiger partial charge < -0.3 is 10.1 Å². The fourth-order valence-corrected chi connectivity index (χ4v) is 3.90. The van der Waals surface area contributed by atoms with Crippen LogP contribution >= 0.6 is 50.7 Å². The minimum absolute atomic E-state index is 0.273. The Balaban J connectivity index is 1.49. The Morgan fingerprint density at radius 2 is 1.79 bits per heavy atom. The second-order valence-corrected chi connectivity index (χ2v) is 9.30. The van der Waals surface area contributed by atoms with Crippen molar-refractivity contribution in [1.29, 1.82) is 0 Å². The maximum atomic E-state index is 12.0. The molecule has 0 aliphatic heterocycles. The van der Waals surface area contributed by atoms with Crippen molar-refractivity contribution in [2.24, 2.45) is 5.10 Å². The van der Waals surface area contributed by atoms with Gasteiger partial charge in [-0.3, -0.25) is 9.59 Å². The smallest absolute Gasteiger partial charge is 0.249 e. The van der Waals surface area contributed by atoms with Crippen molar-refractivity contribution in [1.82, 2.24) is 5.43 Å². The zero-order valence-corrected chi connectivity index (χ0v) is 21.7. The second-order valence-electron chi connectivity index (χ2n) is 7.20. The van der Waals surface area contributed by atoms with Gasteiger partial charge in [0.15, 0.2) is 0 Å². The molecule has 0 saturated carbocycles. The Kier molecular flexibility index (Phi) is 9.36. The van der Waals surface area contributed by atoms with E-state index in [4.69, 9.17) is 39.5 Å². The Bertz CT molecular complexity index is 1250. The van der Waals surface area contributed by atoms with Crippen molar-refractivity contribution >= 4 is 74.4 Å². The van der Waals surface area contributed by atoms with E-state index < -0.39 is 11.8 Å². The van der Waals surface area contributed by atoms with Crippen molar-refractivity contribution in [2.45, 2.75) is 20.0 Å². The van der Waals surface area contributed by atoms with Gasteiger partial charge in [-0.05, 0) is 76.4 Å². The highest BCUT2D eigenvalue weighted by molar-refractivity contribution is 9.10. The number of carbonyl (C=O) groups is 2. The van der Waals surface area contributed by atoms with Crippen LogP contribution in [0.4, 0.5) is 5.69 Å². The third-order valence-electron chi connectivity index (χ3n) is 4.53. The van der Waals surface area contributed by atoms with Gasteiger partial charge in [-0.25, -0.2) is 5.43 Å². The standard InChI is InChI=1S/C24H19BrCl3N3O3/c1-14-2-6-18(10-20(14)27)30-23(32)11-24(33)31-29-12-15-3-7-22(19(25)8-15)34-13-16-4-5-17(26)9-21(16)28/h2-10,12H,11,13H2,1H3,(H,30,32)(H,31,33). The van der Waals surface area contributed by atoms with E-state index in [0.29, 0.717) is 36.5 Å². The molecule has 0 aliphatic rings. The maximum Gasteiger partial charge on any atom is 0.249 e. The molecule has 0 saturated heterocycles. The number of hydrazone groups is 1. The molecule has 34 heavy (non-hydrogen) atoms. The molecule has 2 amide bonds. The van der Waals surface area contributed by atoms with Crippen LogP contribution in [0, 0.1) is 6.92 Å². The number of carbonyl (C=O) groups excluding carboxylic acids is 2. The number of ether oxygens (including phenoxy) is 1. The Hall–Kier alpha value is -2.58. The average molecular weight is 584 g/mol. The molecule has 3 rings (SSSR count). The number of hydrogen-bond acceptors (Lipinski definition) is 4. The quantitative estimate of drug-likeness (QED) is 0.174. The summed E-state index contributed by atoms with van der Waals surface area (Å²) in [6.45, 7) is 2.13. The fourth-order valence-electron chi connectivity index (χ4n) is 2.75. The molecule has 0 fully saturated rings. The minimum atomic E-state index is -0.550. The van der Waals surface area contributed by atoms with Gasteiger partial charge in [0.25, 0.3) is 0 Å². The Morgan fingerprint density at radius 1 is 1.00 bits per heavy atom. The van der Waals surface area contributed by atoms with Gasteiger partial charge in [-0.15, -0.1) is 0 Å². The van der Waals surface area contributed by atoms with Crippen LogP contribution in [0.15, 0.2) is 64.2 Å². The van der Waals surface area contributed by atoms with Crippen LogP contribution in [0.5, 0.6) is 5.75 Å². The molecule has 0 aliphatic carbocycles. The van der Waals surface area contributed by atoms with E-state index in [1.54, 1.807) is 54.6 Å². The SMILES string of the molecule is Cc1ccc(NC(=O)CC(=O)NN=Cc2ccc(OCc3ccc(Cl)cc3Cl)c(Br)c2)cc1Cl. The Labute approximate surface area is 220 Å². The molecule has 0 spiro atoms. The zero-order valence-electron chi connectivity index (χ0n) is 17.9. The average Bonchev–Trinajstić information content (AvgIpc) is 2.76. The second kappa shape index (κ2) is 12.2. The molecular weight excluding hydrogens is 565 g/mol. The third kappa shape index (κ3) is 7.74. The van der Waals surface area contributed by atoms with E-state index in [1.165, 1.54) is 6.21 Å². The zero-order chi connectivity index (χ0) is 24.7. The normalized spacial score (nSPS) is 10.9. The molecule has 0 unspecified atom stereocenters. The molecular formula is C24H19BrCl3N3O3. The molecule has 6 nitrogen and oxygen atoms in total. The van der Waals surface area contributed by atoms with E-state index in [-0.39, 0.29) is 13.0 Å². The predicted molar refractivity (Wildman–Crippen MR) is 140 cm³/mol. The summed E-state index contributed by atoms with van der Waals surface area (Å²) in [6.07, 6.45) is 1.08.